The zero-order valence-electron chi connectivity index (χ0n) is 18.6. The van der Waals surface area contributed by atoms with E-state index in [-0.39, 0.29) is 0 Å². The van der Waals surface area contributed by atoms with Crippen molar-refractivity contribution in [2.24, 2.45) is 4.99 Å². The molecule has 1 aliphatic rings. The van der Waals surface area contributed by atoms with Crippen LogP contribution in [0.2, 0.25) is 0 Å². The maximum absolute atomic E-state index is 6.08. The summed E-state index contributed by atoms with van der Waals surface area (Å²) < 4.78 is 17.3. The molecule has 0 bridgehead atoms. The first-order chi connectivity index (χ1) is 15.3. The van der Waals surface area contributed by atoms with Gasteiger partial charge in [-0.25, -0.2) is 0 Å². The second-order valence-corrected chi connectivity index (χ2v) is 7.39. The molecular formula is C24H34N4O3. The first-order valence-electron chi connectivity index (χ1n) is 10.9. The molecule has 1 saturated heterocycles. The minimum Gasteiger partial charge on any atom is -0.492 e. The minimum atomic E-state index is 0.586. The molecule has 2 aromatic rings. The lowest BCUT2D eigenvalue weighted by molar-refractivity contribution is 0.0322. The van der Waals surface area contributed by atoms with Crippen LogP contribution in [0.15, 0.2) is 59.6 Å². The van der Waals surface area contributed by atoms with Crippen LogP contribution in [0, 0.1) is 0 Å². The van der Waals surface area contributed by atoms with Crippen LogP contribution in [-0.4, -0.2) is 82.5 Å². The van der Waals surface area contributed by atoms with Crippen LogP contribution < -0.4 is 14.8 Å². The Hall–Kier alpha value is -2.77. The lowest BCUT2D eigenvalue weighted by Crippen LogP contribution is -2.40. The largest absolute Gasteiger partial charge is 0.492 e. The average molecular weight is 427 g/mol. The number of likely N-dealkylation sites (N-methyl/N-ethyl adjacent to an activating group) is 1. The van der Waals surface area contributed by atoms with Gasteiger partial charge in [0.2, 0.25) is 0 Å². The van der Waals surface area contributed by atoms with Gasteiger partial charge in [-0.15, -0.1) is 0 Å². The molecule has 1 heterocycles. The fourth-order valence-electron chi connectivity index (χ4n) is 3.38. The monoisotopic (exact) mass is 426 g/mol. The summed E-state index contributed by atoms with van der Waals surface area (Å²) in [6.45, 7) is 7.11. The van der Waals surface area contributed by atoms with Gasteiger partial charge in [0.1, 0.15) is 24.7 Å². The Bertz CT molecular complexity index is 794. The molecule has 3 rings (SSSR count). The van der Waals surface area contributed by atoms with Crippen molar-refractivity contribution in [1.82, 2.24) is 15.1 Å². The van der Waals surface area contributed by atoms with E-state index in [1.54, 1.807) is 7.05 Å². The van der Waals surface area contributed by atoms with Crippen molar-refractivity contribution in [1.29, 1.82) is 0 Å². The van der Waals surface area contributed by atoms with Crippen molar-refractivity contribution < 1.29 is 14.2 Å². The number of nitrogens with zero attached hydrogens (tertiary/aromatic N) is 3. The van der Waals surface area contributed by atoms with Crippen LogP contribution >= 0.6 is 0 Å². The van der Waals surface area contributed by atoms with E-state index in [1.165, 1.54) is 0 Å². The third-order valence-electron chi connectivity index (χ3n) is 5.19. The topological polar surface area (TPSA) is 58.6 Å². The summed E-state index contributed by atoms with van der Waals surface area (Å²) in [7, 11) is 3.80. The summed E-state index contributed by atoms with van der Waals surface area (Å²) >= 11 is 0. The molecular weight excluding hydrogens is 392 g/mol. The van der Waals surface area contributed by atoms with E-state index in [4.69, 9.17) is 14.2 Å². The van der Waals surface area contributed by atoms with Gasteiger partial charge in [-0.05, 0) is 18.2 Å². The van der Waals surface area contributed by atoms with Crippen molar-refractivity contribution >= 4 is 5.96 Å². The van der Waals surface area contributed by atoms with E-state index < -0.39 is 0 Å². The highest BCUT2D eigenvalue weighted by molar-refractivity contribution is 5.79. The van der Waals surface area contributed by atoms with Gasteiger partial charge in [-0.2, -0.15) is 0 Å². The standard InChI is InChI=1S/C24H34N4O3/c1-25-24(27(2)12-18-30-22-9-4-3-5-10-22)26-20-21-8-6-7-11-23(21)31-19-15-28-13-16-29-17-14-28/h3-11H,12-20H2,1-2H3,(H,25,26). The van der Waals surface area contributed by atoms with Gasteiger partial charge in [0.15, 0.2) is 5.96 Å². The van der Waals surface area contributed by atoms with Crippen LogP contribution in [0.3, 0.4) is 0 Å². The van der Waals surface area contributed by atoms with Crippen molar-refractivity contribution in [3.8, 4) is 11.5 Å². The van der Waals surface area contributed by atoms with E-state index >= 15 is 0 Å². The van der Waals surface area contributed by atoms with Crippen LogP contribution in [0.25, 0.3) is 0 Å². The van der Waals surface area contributed by atoms with Crippen molar-refractivity contribution in [3.63, 3.8) is 0 Å². The van der Waals surface area contributed by atoms with Crippen molar-refractivity contribution in [3.05, 3.63) is 60.2 Å². The molecule has 0 spiro atoms. The number of rotatable bonds is 10. The van der Waals surface area contributed by atoms with E-state index in [2.05, 4.69) is 26.2 Å². The Labute approximate surface area is 185 Å². The quantitative estimate of drug-likeness (QED) is 0.465. The maximum atomic E-state index is 6.08. The summed E-state index contributed by atoms with van der Waals surface area (Å²) in [6.07, 6.45) is 0. The molecule has 1 aliphatic heterocycles. The molecule has 0 amide bonds. The smallest absolute Gasteiger partial charge is 0.193 e. The van der Waals surface area contributed by atoms with Gasteiger partial charge >= 0.3 is 0 Å². The molecule has 1 N–H and O–H groups in total. The minimum absolute atomic E-state index is 0.586. The molecule has 2 aromatic carbocycles. The van der Waals surface area contributed by atoms with Crippen LogP contribution in [0.4, 0.5) is 0 Å². The van der Waals surface area contributed by atoms with Gasteiger partial charge in [-0.1, -0.05) is 36.4 Å². The zero-order chi connectivity index (χ0) is 21.7. The lowest BCUT2D eigenvalue weighted by atomic mass is 10.2. The summed E-state index contributed by atoms with van der Waals surface area (Å²) in [5, 5.41) is 3.43. The first kappa shape index (κ1) is 22.9. The second-order valence-electron chi connectivity index (χ2n) is 7.39. The molecule has 0 aliphatic carbocycles. The van der Waals surface area contributed by atoms with E-state index in [0.29, 0.717) is 19.8 Å². The highest BCUT2D eigenvalue weighted by Gasteiger charge is 2.11. The first-order valence-corrected chi connectivity index (χ1v) is 10.9. The Kier molecular flexibility index (Phi) is 9.47. The molecule has 0 aromatic heterocycles. The third-order valence-corrected chi connectivity index (χ3v) is 5.19. The predicted molar refractivity (Wildman–Crippen MR) is 124 cm³/mol. The molecule has 7 nitrogen and oxygen atoms in total. The Morgan fingerprint density at radius 3 is 2.55 bits per heavy atom. The van der Waals surface area contributed by atoms with E-state index in [0.717, 1.165) is 62.4 Å². The van der Waals surface area contributed by atoms with Crippen molar-refractivity contribution in [2.45, 2.75) is 6.54 Å². The Morgan fingerprint density at radius 1 is 1.03 bits per heavy atom. The zero-order valence-corrected chi connectivity index (χ0v) is 18.6. The molecule has 0 radical (unpaired) electrons. The van der Waals surface area contributed by atoms with Gasteiger partial charge in [0.25, 0.3) is 0 Å². The van der Waals surface area contributed by atoms with Crippen LogP contribution in [0.5, 0.6) is 11.5 Å². The number of guanidine groups is 1. The number of nitrogens with one attached hydrogen (secondary N) is 1. The average Bonchev–Trinajstić information content (AvgIpc) is 2.82. The van der Waals surface area contributed by atoms with Crippen molar-refractivity contribution in [2.75, 3.05) is 66.7 Å². The Morgan fingerprint density at radius 2 is 1.77 bits per heavy atom. The summed E-state index contributed by atoms with van der Waals surface area (Å²) in [6, 6.07) is 18.0. The molecule has 168 valence electrons. The van der Waals surface area contributed by atoms with Crippen LogP contribution in [-0.2, 0) is 11.3 Å². The molecule has 0 unspecified atom stereocenters. The third kappa shape index (κ3) is 7.77. The summed E-state index contributed by atoms with van der Waals surface area (Å²) in [5.74, 6) is 2.61. The number of hydrogen-bond donors (Lipinski definition) is 1. The molecule has 31 heavy (non-hydrogen) atoms. The summed E-state index contributed by atoms with van der Waals surface area (Å²) in [4.78, 5) is 8.83. The number of aliphatic imine (C=N–C) groups is 1. The molecule has 7 heteroatoms. The van der Waals surface area contributed by atoms with E-state index in [9.17, 15) is 0 Å². The number of morpholine rings is 1. The SMILES string of the molecule is CN=C(NCc1ccccc1OCCN1CCOCC1)N(C)CCOc1ccccc1. The summed E-state index contributed by atoms with van der Waals surface area (Å²) in [5.41, 5.74) is 1.11. The fourth-order valence-corrected chi connectivity index (χ4v) is 3.38. The van der Waals surface area contributed by atoms with E-state index in [1.807, 2.05) is 55.6 Å². The molecule has 0 atom stereocenters. The number of hydrogen-bond acceptors (Lipinski definition) is 5. The highest BCUT2D eigenvalue weighted by Crippen LogP contribution is 2.18. The van der Waals surface area contributed by atoms with Gasteiger partial charge < -0.3 is 24.4 Å². The fraction of sp³-hybridized carbons (Fsp3) is 0.458. The van der Waals surface area contributed by atoms with Gasteiger partial charge in [-0.3, -0.25) is 9.89 Å². The van der Waals surface area contributed by atoms with Crippen LogP contribution in [0.1, 0.15) is 5.56 Å². The molecule has 1 fully saturated rings. The van der Waals surface area contributed by atoms with Gasteiger partial charge in [0.05, 0.1) is 19.8 Å². The second kappa shape index (κ2) is 12.8. The van der Waals surface area contributed by atoms with Gasteiger partial charge in [0, 0.05) is 45.8 Å². The normalized spacial score (nSPS) is 14.8. The predicted octanol–water partition coefficient (Wildman–Crippen LogP) is 2.48. The number of benzene rings is 2. The highest BCUT2D eigenvalue weighted by atomic mass is 16.5. The molecule has 0 saturated carbocycles. The Balaban J connectivity index is 1.43. The lowest BCUT2D eigenvalue weighted by Gasteiger charge is -2.26. The number of ether oxygens (including phenoxy) is 3. The maximum Gasteiger partial charge on any atom is 0.193 e. The number of para-hydroxylation sites is 2.